The van der Waals surface area contributed by atoms with E-state index in [4.69, 9.17) is 5.73 Å². The summed E-state index contributed by atoms with van der Waals surface area (Å²) in [6.07, 6.45) is 2.28. The van der Waals surface area contributed by atoms with Gasteiger partial charge in [-0.2, -0.15) is 0 Å². The fourth-order valence-electron chi connectivity index (χ4n) is 2.60. The summed E-state index contributed by atoms with van der Waals surface area (Å²) in [5.74, 6) is 0. The van der Waals surface area contributed by atoms with Crippen molar-refractivity contribution >= 4 is 5.69 Å². The number of nitrogens with two attached hydrogens (primary N) is 1. The first-order valence-corrected chi connectivity index (χ1v) is 7.17. The monoisotopic (exact) mass is 262 g/mol. The number of hydrogen-bond acceptors (Lipinski definition) is 3. The van der Waals surface area contributed by atoms with Crippen molar-refractivity contribution in [1.82, 2.24) is 0 Å². The number of nitrogens with one attached hydrogen (secondary N) is 1. The van der Waals surface area contributed by atoms with Gasteiger partial charge in [-0.3, -0.25) is 0 Å². The van der Waals surface area contributed by atoms with E-state index in [1.807, 2.05) is 0 Å². The standard InChI is InChI=1S/C16H26N2O/c1-16(2,3)11-4-6-12(7-5-11)18-13-8-9-14(17)15(19)10-13/h4-7,13-15,18-19H,8-10,17H2,1-3H3. The number of benzene rings is 1. The van der Waals surface area contributed by atoms with Crippen LogP contribution in [0.25, 0.3) is 0 Å². The smallest absolute Gasteiger partial charge is 0.0710 e. The van der Waals surface area contributed by atoms with Gasteiger partial charge in [0, 0.05) is 17.8 Å². The minimum absolute atomic E-state index is 0.0543. The molecule has 3 heteroatoms. The van der Waals surface area contributed by atoms with Gasteiger partial charge in [0.2, 0.25) is 0 Å². The highest BCUT2D eigenvalue weighted by atomic mass is 16.3. The molecular formula is C16H26N2O. The van der Waals surface area contributed by atoms with Crippen LogP contribution in [0.15, 0.2) is 24.3 Å². The Hall–Kier alpha value is -1.06. The normalized spacial score (nSPS) is 28.2. The zero-order valence-corrected chi connectivity index (χ0v) is 12.2. The molecule has 0 amide bonds. The third-order valence-electron chi connectivity index (χ3n) is 3.99. The van der Waals surface area contributed by atoms with Gasteiger partial charge in [-0.15, -0.1) is 0 Å². The zero-order chi connectivity index (χ0) is 14.0. The third kappa shape index (κ3) is 3.71. The van der Waals surface area contributed by atoms with E-state index in [1.54, 1.807) is 0 Å². The molecule has 1 saturated carbocycles. The Bertz CT molecular complexity index is 408. The van der Waals surface area contributed by atoms with Crippen molar-refractivity contribution in [3.8, 4) is 0 Å². The lowest BCUT2D eigenvalue weighted by Gasteiger charge is -2.32. The maximum absolute atomic E-state index is 9.81. The van der Waals surface area contributed by atoms with Gasteiger partial charge in [0.05, 0.1) is 6.10 Å². The van der Waals surface area contributed by atoms with Gasteiger partial charge in [-0.05, 0) is 42.4 Å². The first kappa shape index (κ1) is 14.4. The first-order chi connectivity index (χ1) is 8.86. The molecule has 0 aromatic heterocycles. The molecule has 2 rings (SSSR count). The van der Waals surface area contributed by atoms with Crippen molar-refractivity contribution in [1.29, 1.82) is 0 Å². The highest BCUT2D eigenvalue weighted by molar-refractivity contribution is 5.46. The molecule has 106 valence electrons. The second-order valence-electron chi connectivity index (χ2n) is 6.71. The molecule has 3 atom stereocenters. The molecule has 3 unspecified atom stereocenters. The predicted molar refractivity (Wildman–Crippen MR) is 80.4 cm³/mol. The lowest BCUT2D eigenvalue weighted by atomic mass is 9.87. The largest absolute Gasteiger partial charge is 0.391 e. The molecule has 3 nitrogen and oxygen atoms in total. The van der Waals surface area contributed by atoms with E-state index in [9.17, 15) is 5.11 Å². The molecular weight excluding hydrogens is 236 g/mol. The van der Waals surface area contributed by atoms with Gasteiger partial charge in [0.15, 0.2) is 0 Å². The van der Waals surface area contributed by atoms with E-state index < -0.39 is 0 Å². The molecule has 1 aromatic rings. The maximum atomic E-state index is 9.81. The Labute approximate surface area is 116 Å². The van der Waals surface area contributed by atoms with Gasteiger partial charge in [0.25, 0.3) is 0 Å². The minimum Gasteiger partial charge on any atom is -0.391 e. The van der Waals surface area contributed by atoms with Crippen molar-refractivity contribution < 1.29 is 5.11 Å². The number of aliphatic hydroxyl groups is 1. The van der Waals surface area contributed by atoms with Crippen LogP contribution in [0.5, 0.6) is 0 Å². The van der Waals surface area contributed by atoms with Crippen LogP contribution in [-0.2, 0) is 5.41 Å². The van der Waals surface area contributed by atoms with Crippen LogP contribution >= 0.6 is 0 Å². The second-order valence-corrected chi connectivity index (χ2v) is 6.71. The molecule has 0 heterocycles. The molecule has 0 saturated heterocycles. The minimum atomic E-state index is -0.375. The Kier molecular flexibility index (Phi) is 4.16. The average molecular weight is 262 g/mol. The Balaban J connectivity index is 1.97. The predicted octanol–water partition coefficient (Wildman–Crippen LogP) is 2.64. The van der Waals surface area contributed by atoms with E-state index in [1.165, 1.54) is 5.56 Å². The zero-order valence-electron chi connectivity index (χ0n) is 12.2. The highest BCUT2D eigenvalue weighted by Gasteiger charge is 2.26. The molecule has 0 aliphatic heterocycles. The van der Waals surface area contributed by atoms with Crippen LogP contribution in [0, 0.1) is 0 Å². The van der Waals surface area contributed by atoms with Crippen LogP contribution < -0.4 is 11.1 Å². The summed E-state index contributed by atoms with van der Waals surface area (Å²) in [4.78, 5) is 0. The molecule has 1 fully saturated rings. The van der Waals surface area contributed by atoms with Crippen LogP contribution in [0.1, 0.15) is 45.6 Å². The van der Waals surface area contributed by atoms with E-state index in [2.05, 4.69) is 50.4 Å². The number of hydrogen-bond donors (Lipinski definition) is 3. The van der Waals surface area contributed by atoms with Crippen molar-refractivity contribution in [3.63, 3.8) is 0 Å². The van der Waals surface area contributed by atoms with Gasteiger partial charge in [-0.1, -0.05) is 32.9 Å². The summed E-state index contributed by atoms with van der Waals surface area (Å²) in [7, 11) is 0. The van der Waals surface area contributed by atoms with Crippen LogP contribution in [0.3, 0.4) is 0 Å². The molecule has 1 aliphatic carbocycles. The summed E-state index contributed by atoms with van der Waals surface area (Å²) in [6.45, 7) is 6.65. The fraction of sp³-hybridized carbons (Fsp3) is 0.625. The lowest BCUT2D eigenvalue weighted by molar-refractivity contribution is 0.103. The average Bonchev–Trinajstić information content (AvgIpc) is 2.33. The summed E-state index contributed by atoms with van der Waals surface area (Å²) < 4.78 is 0. The number of aliphatic hydroxyl groups excluding tert-OH is 1. The van der Waals surface area contributed by atoms with E-state index in [0.29, 0.717) is 6.04 Å². The number of anilines is 1. The van der Waals surface area contributed by atoms with Gasteiger partial charge in [-0.25, -0.2) is 0 Å². The van der Waals surface area contributed by atoms with Crippen LogP contribution in [0.4, 0.5) is 5.69 Å². The molecule has 0 spiro atoms. The Morgan fingerprint density at radius 1 is 1.16 bits per heavy atom. The lowest BCUT2D eigenvalue weighted by Crippen LogP contribution is -2.44. The van der Waals surface area contributed by atoms with Crippen molar-refractivity contribution in [2.75, 3.05) is 5.32 Å². The van der Waals surface area contributed by atoms with E-state index >= 15 is 0 Å². The molecule has 19 heavy (non-hydrogen) atoms. The van der Waals surface area contributed by atoms with Gasteiger partial charge < -0.3 is 16.2 Å². The SMILES string of the molecule is CC(C)(C)c1ccc(NC2CCC(N)C(O)C2)cc1. The topological polar surface area (TPSA) is 58.3 Å². The van der Waals surface area contributed by atoms with Crippen LogP contribution in [-0.4, -0.2) is 23.3 Å². The summed E-state index contributed by atoms with van der Waals surface area (Å²) >= 11 is 0. The third-order valence-corrected chi connectivity index (χ3v) is 3.99. The summed E-state index contributed by atoms with van der Waals surface area (Å²) in [5, 5.41) is 13.3. The van der Waals surface area contributed by atoms with Gasteiger partial charge >= 0.3 is 0 Å². The highest BCUT2D eigenvalue weighted by Crippen LogP contribution is 2.25. The molecule has 4 N–H and O–H groups in total. The Morgan fingerprint density at radius 2 is 1.79 bits per heavy atom. The first-order valence-electron chi connectivity index (χ1n) is 7.17. The maximum Gasteiger partial charge on any atom is 0.0710 e. The van der Waals surface area contributed by atoms with E-state index in [0.717, 1.165) is 24.9 Å². The Morgan fingerprint density at radius 3 is 2.32 bits per heavy atom. The molecule has 0 bridgehead atoms. The van der Waals surface area contributed by atoms with Crippen molar-refractivity contribution in [2.45, 2.75) is 63.6 Å². The second kappa shape index (κ2) is 5.51. The summed E-state index contributed by atoms with van der Waals surface area (Å²) in [6, 6.07) is 8.88. The van der Waals surface area contributed by atoms with Crippen LogP contribution in [0.2, 0.25) is 0 Å². The molecule has 0 radical (unpaired) electrons. The fourth-order valence-corrected chi connectivity index (χ4v) is 2.60. The molecule has 1 aromatic carbocycles. The number of rotatable bonds is 2. The van der Waals surface area contributed by atoms with E-state index in [-0.39, 0.29) is 17.6 Å². The van der Waals surface area contributed by atoms with Crippen molar-refractivity contribution in [2.24, 2.45) is 5.73 Å². The quantitative estimate of drug-likeness (QED) is 0.768. The van der Waals surface area contributed by atoms with Crippen molar-refractivity contribution in [3.05, 3.63) is 29.8 Å². The van der Waals surface area contributed by atoms with Gasteiger partial charge in [0.1, 0.15) is 0 Å². The molecule has 1 aliphatic rings. The summed E-state index contributed by atoms with van der Waals surface area (Å²) in [5.41, 5.74) is 8.47.